The number of amides is 1. The standard InChI is InChI=1S/C21H24N4O3/c1-12-10-15(11-26)16-4-3-5-17(19(16)23-12)24-20(27)18-13(2)28-21(25-18)14-6-8-22-9-7-14/h3-5,10,14,22,26H,6-9,11H2,1-2H3,(H,24,27). The van der Waals surface area contributed by atoms with Crippen LogP contribution in [0.25, 0.3) is 10.9 Å². The molecule has 0 atom stereocenters. The lowest BCUT2D eigenvalue weighted by atomic mass is 9.98. The zero-order valence-electron chi connectivity index (χ0n) is 16.1. The van der Waals surface area contributed by atoms with Gasteiger partial charge in [-0.3, -0.25) is 9.78 Å². The topological polar surface area (TPSA) is 100 Å². The minimum Gasteiger partial charge on any atom is -0.445 e. The van der Waals surface area contributed by atoms with Crippen LogP contribution in [0.15, 0.2) is 28.7 Å². The molecule has 3 aromatic rings. The molecular weight excluding hydrogens is 356 g/mol. The minimum absolute atomic E-state index is 0.0841. The molecule has 3 N–H and O–H groups in total. The largest absolute Gasteiger partial charge is 0.445 e. The number of para-hydroxylation sites is 1. The molecule has 1 aromatic carbocycles. The molecule has 1 aliphatic heterocycles. The number of hydrogen-bond acceptors (Lipinski definition) is 6. The molecule has 7 heteroatoms. The molecule has 0 radical (unpaired) electrons. The van der Waals surface area contributed by atoms with E-state index in [-0.39, 0.29) is 18.4 Å². The highest BCUT2D eigenvalue weighted by Gasteiger charge is 2.25. The van der Waals surface area contributed by atoms with Crippen LogP contribution in [0.2, 0.25) is 0 Å². The number of oxazole rings is 1. The van der Waals surface area contributed by atoms with Gasteiger partial charge in [-0.1, -0.05) is 12.1 Å². The highest BCUT2D eigenvalue weighted by atomic mass is 16.4. The summed E-state index contributed by atoms with van der Waals surface area (Å²) in [5.41, 5.74) is 3.11. The highest BCUT2D eigenvalue weighted by Crippen LogP contribution is 2.28. The van der Waals surface area contributed by atoms with Crippen LogP contribution in [0.1, 0.15) is 52.2 Å². The van der Waals surface area contributed by atoms with Gasteiger partial charge in [0.1, 0.15) is 5.76 Å². The van der Waals surface area contributed by atoms with Crippen LogP contribution in [0.3, 0.4) is 0 Å². The second kappa shape index (κ2) is 7.69. The van der Waals surface area contributed by atoms with E-state index in [1.807, 2.05) is 25.1 Å². The van der Waals surface area contributed by atoms with Gasteiger partial charge in [-0.2, -0.15) is 0 Å². The van der Waals surface area contributed by atoms with Crippen molar-refractivity contribution in [2.75, 3.05) is 18.4 Å². The molecule has 0 bridgehead atoms. The average molecular weight is 380 g/mol. The fourth-order valence-corrected chi connectivity index (χ4v) is 3.75. The van der Waals surface area contributed by atoms with E-state index >= 15 is 0 Å². The van der Waals surface area contributed by atoms with Crippen LogP contribution in [0.5, 0.6) is 0 Å². The number of nitrogens with zero attached hydrogens (tertiary/aromatic N) is 2. The highest BCUT2D eigenvalue weighted by molar-refractivity contribution is 6.08. The molecule has 1 fully saturated rings. The number of piperidine rings is 1. The smallest absolute Gasteiger partial charge is 0.277 e. The van der Waals surface area contributed by atoms with E-state index in [4.69, 9.17) is 4.42 Å². The molecule has 0 unspecified atom stereocenters. The first-order valence-corrected chi connectivity index (χ1v) is 9.56. The van der Waals surface area contributed by atoms with Gasteiger partial charge in [0.05, 0.1) is 17.8 Å². The van der Waals surface area contributed by atoms with Crippen LogP contribution < -0.4 is 10.6 Å². The lowest BCUT2D eigenvalue weighted by Crippen LogP contribution is -2.26. The summed E-state index contributed by atoms with van der Waals surface area (Å²) in [6, 6.07) is 7.38. The van der Waals surface area contributed by atoms with Crippen molar-refractivity contribution in [1.82, 2.24) is 15.3 Å². The summed E-state index contributed by atoms with van der Waals surface area (Å²) in [5.74, 6) is 1.09. The maximum Gasteiger partial charge on any atom is 0.277 e. The number of aliphatic hydroxyl groups is 1. The third-order valence-electron chi connectivity index (χ3n) is 5.19. The van der Waals surface area contributed by atoms with E-state index < -0.39 is 0 Å². The number of carbonyl (C=O) groups is 1. The second-order valence-electron chi connectivity index (χ2n) is 7.22. The number of benzene rings is 1. The number of anilines is 1. The van der Waals surface area contributed by atoms with Gasteiger partial charge in [0, 0.05) is 17.0 Å². The van der Waals surface area contributed by atoms with Crippen molar-refractivity contribution in [1.29, 1.82) is 0 Å². The Morgan fingerprint density at radius 2 is 2.07 bits per heavy atom. The fourth-order valence-electron chi connectivity index (χ4n) is 3.75. The third-order valence-corrected chi connectivity index (χ3v) is 5.19. The molecule has 0 aliphatic carbocycles. The molecule has 2 aromatic heterocycles. The summed E-state index contributed by atoms with van der Waals surface area (Å²) in [6.45, 7) is 5.41. The van der Waals surface area contributed by atoms with Gasteiger partial charge in [0.25, 0.3) is 5.91 Å². The first kappa shape index (κ1) is 18.6. The number of aryl methyl sites for hydroxylation is 2. The number of nitrogens with one attached hydrogen (secondary N) is 2. The van der Waals surface area contributed by atoms with Gasteiger partial charge in [-0.15, -0.1) is 0 Å². The number of fused-ring (bicyclic) bond motifs is 1. The third kappa shape index (κ3) is 3.50. The molecule has 1 saturated heterocycles. The van der Waals surface area contributed by atoms with E-state index in [1.165, 1.54) is 0 Å². The summed E-state index contributed by atoms with van der Waals surface area (Å²) < 4.78 is 5.81. The van der Waals surface area contributed by atoms with Gasteiger partial charge in [-0.25, -0.2) is 4.98 Å². The molecule has 0 saturated carbocycles. The van der Waals surface area contributed by atoms with Crippen LogP contribution in [0, 0.1) is 13.8 Å². The lowest BCUT2D eigenvalue weighted by molar-refractivity contribution is 0.102. The number of aliphatic hydroxyl groups excluding tert-OH is 1. The Labute approximate surface area is 163 Å². The molecule has 1 amide bonds. The second-order valence-corrected chi connectivity index (χ2v) is 7.22. The summed E-state index contributed by atoms with van der Waals surface area (Å²) >= 11 is 0. The van der Waals surface area contributed by atoms with E-state index in [1.54, 1.807) is 13.0 Å². The van der Waals surface area contributed by atoms with Gasteiger partial charge in [-0.05, 0) is 57.5 Å². The van der Waals surface area contributed by atoms with Crippen LogP contribution in [0.4, 0.5) is 5.69 Å². The number of carbonyl (C=O) groups excluding carboxylic acids is 1. The van der Waals surface area contributed by atoms with Crippen LogP contribution in [-0.2, 0) is 6.61 Å². The Bertz CT molecular complexity index is 1020. The molecule has 4 rings (SSSR count). The van der Waals surface area contributed by atoms with Crippen molar-refractivity contribution in [3.8, 4) is 0 Å². The number of rotatable bonds is 4. The van der Waals surface area contributed by atoms with Crippen molar-refractivity contribution in [3.05, 3.63) is 52.9 Å². The molecular formula is C21H24N4O3. The van der Waals surface area contributed by atoms with Gasteiger partial charge in [0.2, 0.25) is 0 Å². The first-order chi connectivity index (χ1) is 13.6. The lowest BCUT2D eigenvalue weighted by Gasteiger charge is -2.19. The monoisotopic (exact) mass is 380 g/mol. The normalized spacial score (nSPS) is 15.1. The van der Waals surface area contributed by atoms with E-state index in [9.17, 15) is 9.90 Å². The molecule has 7 nitrogen and oxygen atoms in total. The van der Waals surface area contributed by atoms with E-state index in [0.29, 0.717) is 28.5 Å². The summed E-state index contributed by atoms with van der Waals surface area (Å²) in [5, 5.41) is 16.7. The van der Waals surface area contributed by atoms with Crippen LogP contribution >= 0.6 is 0 Å². The Morgan fingerprint density at radius 3 is 2.82 bits per heavy atom. The maximum atomic E-state index is 12.9. The molecule has 0 spiro atoms. The maximum absolute atomic E-state index is 12.9. The summed E-state index contributed by atoms with van der Waals surface area (Å²) in [4.78, 5) is 21.9. The molecule has 146 valence electrons. The zero-order valence-corrected chi connectivity index (χ0v) is 16.1. The van der Waals surface area contributed by atoms with E-state index in [2.05, 4.69) is 20.6 Å². The molecule has 3 heterocycles. The number of pyridine rings is 1. The summed E-state index contributed by atoms with van der Waals surface area (Å²) in [7, 11) is 0. The minimum atomic E-state index is -0.317. The van der Waals surface area contributed by atoms with Gasteiger partial charge in [0.15, 0.2) is 11.6 Å². The number of hydrogen-bond donors (Lipinski definition) is 3. The Morgan fingerprint density at radius 1 is 1.29 bits per heavy atom. The predicted octanol–water partition coefficient (Wildman–Crippen LogP) is 3.05. The Balaban J connectivity index is 1.64. The van der Waals surface area contributed by atoms with Crippen molar-refractivity contribution in [2.45, 2.75) is 39.2 Å². The van der Waals surface area contributed by atoms with Crippen molar-refractivity contribution >= 4 is 22.5 Å². The van der Waals surface area contributed by atoms with Crippen molar-refractivity contribution in [3.63, 3.8) is 0 Å². The van der Waals surface area contributed by atoms with Crippen molar-refractivity contribution in [2.24, 2.45) is 0 Å². The average Bonchev–Trinajstić information content (AvgIpc) is 3.10. The predicted molar refractivity (Wildman–Crippen MR) is 106 cm³/mol. The van der Waals surface area contributed by atoms with Crippen LogP contribution in [-0.4, -0.2) is 34.1 Å². The summed E-state index contributed by atoms with van der Waals surface area (Å²) in [6.07, 6.45) is 1.91. The quantitative estimate of drug-likeness (QED) is 0.643. The zero-order chi connectivity index (χ0) is 19.7. The molecule has 1 aliphatic rings. The SMILES string of the molecule is Cc1cc(CO)c2cccc(NC(=O)c3nc(C4CCNCC4)oc3C)c2n1. The molecule has 28 heavy (non-hydrogen) atoms. The van der Waals surface area contributed by atoms with Gasteiger partial charge < -0.3 is 20.2 Å². The Hall–Kier alpha value is -2.77. The number of aromatic nitrogens is 2. The van der Waals surface area contributed by atoms with Crippen molar-refractivity contribution < 1.29 is 14.3 Å². The fraction of sp³-hybridized carbons (Fsp3) is 0.381. The first-order valence-electron chi connectivity index (χ1n) is 9.56. The Kier molecular flexibility index (Phi) is 5.11. The van der Waals surface area contributed by atoms with E-state index in [0.717, 1.165) is 42.6 Å². The van der Waals surface area contributed by atoms with Gasteiger partial charge >= 0.3 is 0 Å².